The van der Waals surface area contributed by atoms with Crippen molar-refractivity contribution in [3.05, 3.63) is 93.5 Å². The molecule has 0 saturated heterocycles. The second kappa shape index (κ2) is 10.5. The lowest BCUT2D eigenvalue weighted by Crippen LogP contribution is -2.13. The third-order valence-corrected chi connectivity index (χ3v) is 4.83. The first-order valence-electron chi connectivity index (χ1n) is 9.22. The molecule has 0 aliphatic carbocycles. The molecule has 0 spiro atoms. The molecule has 0 radical (unpaired) electrons. The number of rotatable bonds is 7. The van der Waals surface area contributed by atoms with E-state index in [2.05, 4.69) is 5.32 Å². The number of nitrogens with zero attached hydrogens (tertiary/aromatic N) is 1. The average Bonchev–Trinajstić information content (AvgIpc) is 2.78. The molecule has 0 aromatic heterocycles. The third-order valence-electron chi connectivity index (χ3n) is 4.28. The topological polar surface area (TPSA) is 71.3 Å². The Hall–Kier alpha value is -3.46. The molecule has 3 aromatic carbocycles. The molecule has 3 aromatic rings. The molecule has 0 saturated carbocycles. The van der Waals surface area contributed by atoms with Crippen LogP contribution in [0.3, 0.4) is 0 Å². The van der Waals surface area contributed by atoms with Crippen LogP contribution >= 0.6 is 23.2 Å². The number of amides is 1. The number of carbonyl (C=O) groups excluding carboxylic acids is 1. The standard InChI is InChI=1S/C24H18Cl2N2O3/c1-30-23-11-4-17(13-22(23)26)12-18(14-27)24(29)28-20-7-9-21(10-8-20)31-15-16-2-5-19(25)6-3-16/h2-13H,15H2,1H3,(H,28,29)/b18-12+. The third kappa shape index (κ3) is 6.26. The molecule has 0 bridgehead atoms. The van der Waals surface area contributed by atoms with Crippen LogP contribution in [0.2, 0.25) is 10.0 Å². The summed E-state index contributed by atoms with van der Waals surface area (Å²) in [5.41, 5.74) is 2.09. The van der Waals surface area contributed by atoms with Crippen LogP contribution in [0.4, 0.5) is 5.69 Å². The number of halogens is 2. The first-order valence-corrected chi connectivity index (χ1v) is 9.98. The molecule has 156 valence electrons. The lowest BCUT2D eigenvalue weighted by Gasteiger charge is -2.09. The van der Waals surface area contributed by atoms with Gasteiger partial charge in [0.2, 0.25) is 0 Å². The highest BCUT2D eigenvalue weighted by Crippen LogP contribution is 2.26. The Morgan fingerprint density at radius 3 is 2.39 bits per heavy atom. The molecule has 7 heteroatoms. The van der Waals surface area contributed by atoms with Crippen LogP contribution in [0.25, 0.3) is 6.08 Å². The highest BCUT2D eigenvalue weighted by atomic mass is 35.5. The van der Waals surface area contributed by atoms with Crippen molar-refractivity contribution in [2.24, 2.45) is 0 Å². The molecule has 0 heterocycles. The van der Waals surface area contributed by atoms with Crippen molar-refractivity contribution in [2.45, 2.75) is 6.61 Å². The summed E-state index contributed by atoms with van der Waals surface area (Å²) in [6, 6.07) is 21.2. The molecule has 0 atom stereocenters. The van der Waals surface area contributed by atoms with Crippen LogP contribution in [0.15, 0.2) is 72.3 Å². The van der Waals surface area contributed by atoms with Gasteiger partial charge in [-0.05, 0) is 65.7 Å². The number of hydrogen-bond donors (Lipinski definition) is 1. The number of nitrogens with one attached hydrogen (secondary N) is 1. The Kier molecular flexibility index (Phi) is 7.55. The van der Waals surface area contributed by atoms with E-state index in [0.29, 0.717) is 39.4 Å². The summed E-state index contributed by atoms with van der Waals surface area (Å²) >= 11 is 12.0. The first-order chi connectivity index (χ1) is 15.0. The van der Waals surface area contributed by atoms with E-state index >= 15 is 0 Å². The summed E-state index contributed by atoms with van der Waals surface area (Å²) in [5.74, 6) is 0.640. The van der Waals surface area contributed by atoms with Gasteiger partial charge in [0, 0.05) is 10.7 Å². The van der Waals surface area contributed by atoms with Gasteiger partial charge in [-0.2, -0.15) is 5.26 Å². The molecule has 0 fully saturated rings. The largest absolute Gasteiger partial charge is 0.495 e. The van der Waals surface area contributed by atoms with Crippen LogP contribution in [-0.2, 0) is 11.4 Å². The maximum Gasteiger partial charge on any atom is 0.266 e. The van der Waals surface area contributed by atoms with Crippen molar-refractivity contribution >= 4 is 40.9 Å². The van der Waals surface area contributed by atoms with Gasteiger partial charge in [-0.25, -0.2) is 0 Å². The van der Waals surface area contributed by atoms with Crippen LogP contribution in [0, 0.1) is 11.3 Å². The Bertz CT molecular complexity index is 1130. The van der Waals surface area contributed by atoms with E-state index in [1.54, 1.807) is 54.6 Å². The summed E-state index contributed by atoms with van der Waals surface area (Å²) < 4.78 is 10.8. The second-order valence-corrected chi connectivity index (χ2v) is 7.30. The Balaban J connectivity index is 1.62. The Morgan fingerprint density at radius 2 is 1.77 bits per heavy atom. The number of methoxy groups -OCH3 is 1. The highest BCUT2D eigenvalue weighted by Gasteiger charge is 2.11. The lowest BCUT2D eigenvalue weighted by molar-refractivity contribution is -0.112. The predicted octanol–water partition coefficient (Wildman–Crippen LogP) is 6.13. The zero-order chi connectivity index (χ0) is 22.2. The molecule has 1 N–H and O–H groups in total. The molecule has 0 aliphatic rings. The van der Waals surface area contributed by atoms with Crippen LogP contribution in [0.1, 0.15) is 11.1 Å². The number of carbonyl (C=O) groups is 1. The number of ether oxygens (including phenoxy) is 2. The SMILES string of the molecule is COc1ccc(/C=C(\C#N)C(=O)Nc2ccc(OCc3ccc(Cl)cc3)cc2)cc1Cl. The van der Waals surface area contributed by atoms with Crippen LogP contribution in [-0.4, -0.2) is 13.0 Å². The summed E-state index contributed by atoms with van der Waals surface area (Å²) in [4.78, 5) is 12.5. The molecule has 31 heavy (non-hydrogen) atoms. The zero-order valence-corrected chi connectivity index (χ0v) is 18.1. The van der Waals surface area contributed by atoms with Gasteiger partial charge in [-0.15, -0.1) is 0 Å². The minimum atomic E-state index is -0.524. The van der Waals surface area contributed by atoms with Crippen molar-refractivity contribution in [1.82, 2.24) is 0 Å². The van der Waals surface area contributed by atoms with Gasteiger partial charge in [0.05, 0.1) is 12.1 Å². The number of hydrogen-bond acceptors (Lipinski definition) is 4. The molecular formula is C24H18Cl2N2O3. The Morgan fingerprint density at radius 1 is 1.06 bits per heavy atom. The fraction of sp³-hybridized carbons (Fsp3) is 0.0833. The average molecular weight is 453 g/mol. The summed E-state index contributed by atoms with van der Waals surface area (Å²) in [5, 5.41) is 13.1. The van der Waals surface area contributed by atoms with Gasteiger partial charge < -0.3 is 14.8 Å². The maximum absolute atomic E-state index is 12.5. The second-order valence-electron chi connectivity index (χ2n) is 6.46. The van der Waals surface area contributed by atoms with Gasteiger partial charge in [-0.1, -0.05) is 41.4 Å². The number of benzene rings is 3. The molecule has 0 unspecified atom stereocenters. The van der Waals surface area contributed by atoms with Gasteiger partial charge in [0.1, 0.15) is 29.7 Å². The predicted molar refractivity (Wildman–Crippen MR) is 122 cm³/mol. The normalized spacial score (nSPS) is 10.8. The van der Waals surface area contributed by atoms with Crippen LogP contribution in [0.5, 0.6) is 11.5 Å². The lowest BCUT2D eigenvalue weighted by atomic mass is 10.1. The van der Waals surface area contributed by atoms with E-state index in [9.17, 15) is 10.1 Å². The van der Waals surface area contributed by atoms with Crippen LogP contribution < -0.4 is 14.8 Å². The summed E-state index contributed by atoms with van der Waals surface area (Å²) in [7, 11) is 1.51. The summed E-state index contributed by atoms with van der Waals surface area (Å²) in [6.45, 7) is 0.397. The number of anilines is 1. The molecule has 5 nitrogen and oxygen atoms in total. The van der Waals surface area contributed by atoms with Crippen molar-refractivity contribution in [3.8, 4) is 17.6 Å². The quantitative estimate of drug-likeness (QED) is 0.345. The Labute approximate surface area is 190 Å². The highest BCUT2D eigenvalue weighted by molar-refractivity contribution is 6.32. The molecule has 0 aliphatic heterocycles. The monoisotopic (exact) mass is 452 g/mol. The van der Waals surface area contributed by atoms with Gasteiger partial charge >= 0.3 is 0 Å². The van der Waals surface area contributed by atoms with Gasteiger partial charge in [0.25, 0.3) is 5.91 Å². The van der Waals surface area contributed by atoms with E-state index in [0.717, 1.165) is 5.56 Å². The first kappa shape index (κ1) is 22.2. The van der Waals surface area contributed by atoms with E-state index in [1.165, 1.54) is 13.2 Å². The van der Waals surface area contributed by atoms with E-state index in [-0.39, 0.29) is 5.57 Å². The fourth-order valence-electron chi connectivity index (χ4n) is 2.67. The van der Waals surface area contributed by atoms with Crippen molar-refractivity contribution < 1.29 is 14.3 Å². The number of nitriles is 1. The summed E-state index contributed by atoms with van der Waals surface area (Å²) in [6.07, 6.45) is 1.46. The van der Waals surface area contributed by atoms with E-state index in [4.69, 9.17) is 32.7 Å². The maximum atomic E-state index is 12.5. The minimum absolute atomic E-state index is 0.0516. The van der Waals surface area contributed by atoms with Crippen molar-refractivity contribution in [3.63, 3.8) is 0 Å². The fourth-order valence-corrected chi connectivity index (χ4v) is 3.06. The molecular weight excluding hydrogens is 435 g/mol. The van der Waals surface area contributed by atoms with Gasteiger partial charge in [0.15, 0.2) is 0 Å². The van der Waals surface area contributed by atoms with Crippen molar-refractivity contribution in [2.75, 3.05) is 12.4 Å². The van der Waals surface area contributed by atoms with Gasteiger partial charge in [-0.3, -0.25) is 4.79 Å². The minimum Gasteiger partial charge on any atom is -0.495 e. The molecule has 3 rings (SSSR count). The smallest absolute Gasteiger partial charge is 0.266 e. The van der Waals surface area contributed by atoms with E-state index in [1.807, 2.05) is 18.2 Å². The zero-order valence-electron chi connectivity index (χ0n) is 16.6. The molecule has 1 amide bonds. The van der Waals surface area contributed by atoms with E-state index < -0.39 is 5.91 Å². The van der Waals surface area contributed by atoms with Crippen molar-refractivity contribution in [1.29, 1.82) is 5.26 Å².